The minimum atomic E-state index is -4.43. The van der Waals surface area contributed by atoms with Crippen molar-refractivity contribution in [2.75, 3.05) is 40.9 Å². The molecule has 0 rings (SSSR count). The van der Waals surface area contributed by atoms with Gasteiger partial charge in [-0.25, -0.2) is 4.57 Å². The van der Waals surface area contributed by atoms with Gasteiger partial charge in [0.1, 0.15) is 19.3 Å². The van der Waals surface area contributed by atoms with E-state index in [1.165, 1.54) is 199 Å². The molecule has 3 atom stereocenters. The summed E-state index contributed by atoms with van der Waals surface area (Å²) in [5, 5.41) is 3.05. The van der Waals surface area contributed by atoms with Gasteiger partial charge in [0.25, 0.3) is 0 Å². The van der Waals surface area contributed by atoms with Gasteiger partial charge < -0.3 is 19.4 Å². The van der Waals surface area contributed by atoms with Gasteiger partial charge in [0.2, 0.25) is 5.91 Å². The van der Waals surface area contributed by atoms with Crippen molar-refractivity contribution in [1.29, 1.82) is 0 Å². The summed E-state index contributed by atoms with van der Waals surface area (Å²) in [4.78, 5) is 37.5. The molecule has 0 radical (unpaired) electrons. The standard InChI is InChI=1S/C57H113N2O7P/c1-7-10-13-16-19-22-25-27-28-29-30-32-35-38-41-44-47-50-57(61)66-55(48-45-42-39-36-34-31-26-23-20-17-14-11-8-2)54(53-65-67(62,63)64-52-51-59(4,5)6)58-56(60)49-46-43-40-37-33-24-21-18-15-12-9-3/h45,48,54-55H,7-44,46-47,49-53H2,1-6H3,(H-,58,60,62,63)/p+1/b48-45-. The third-order valence-electron chi connectivity index (χ3n) is 13.2. The fourth-order valence-electron chi connectivity index (χ4n) is 8.71. The van der Waals surface area contributed by atoms with Crippen LogP contribution in [0.25, 0.3) is 0 Å². The molecule has 0 saturated heterocycles. The van der Waals surface area contributed by atoms with E-state index in [-0.39, 0.29) is 25.1 Å². The minimum Gasteiger partial charge on any atom is -0.456 e. The second-order valence-electron chi connectivity index (χ2n) is 21.2. The number of unbranched alkanes of at least 4 members (excludes halogenated alkanes) is 37. The Balaban J connectivity index is 5.29. The molecule has 0 heterocycles. The number of phosphoric acid groups is 1. The lowest BCUT2D eigenvalue weighted by molar-refractivity contribution is -0.870. The normalized spacial score (nSPS) is 13.8. The molecule has 9 nitrogen and oxygen atoms in total. The van der Waals surface area contributed by atoms with E-state index in [0.717, 1.165) is 57.8 Å². The molecule has 0 aromatic carbocycles. The van der Waals surface area contributed by atoms with Gasteiger partial charge in [-0.2, -0.15) is 0 Å². The Labute approximate surface area is 416 Å². The Morgan fingerprint density at radius 1 is 0.507 bits per heavy atom. The Hall–Kier alpha value is -1.25. The summed E-state index contributed by atoms with van der Waals surface area (Å²) in [6.07, 6.45) is 53.4. The van der Waals surface area contributed by atoms with Gasteiger partial charge in [0.15, 0.2) is 0 Å². The maximum atomic E-state index is 13.4. The number of phosphoric ester groups is 1. The van der Waals surface area contributed by atoms with Gasteiger partial charge in [0.05, 0.1) is 33.8 Å². The van der Waals surface area contributed by atoms with E-state index in [0.29, 0.717) is 23.9 Å². The summed E-state index contributed by atoms with van der Waals surface area (Å²) in [6.45, 7) is 7.04. The number of quaternary nitrogens is 1. The predicted octanol–water partition coefficient (Wildman–Crippen LogP) is 17.2. The first-order valence-corrected chi connectivity index (χ1v) is 30.5. The smallest absolute Gasteiger partial charge is 0.456 e. The average Bonchev–Trinajstić information content (AvgIpc) is 3.28. The molecule has 3 unspecified atom stereocenters. The number of nitrogens with one attached hydrogen (secondary N) is 1. The van der Waals surface area contributed by atoms with Crippen molar-refractivity contribution in [3.63, 3.8) is 0 Å². The van der Waals surface area contributed by atoms with Gasteiger partial charge in [-0.1, -0.05) is 258 Å². The van der Waals surface area contributed by atoms with Crippen LogP contribution in [0.4, 0.5) is 0 Å². The Bertz CT molecular complexity index is 1160. The van der Waals surface area contributed by atoms with E-state index in [1.54, 1.807) is 0 Å². The summed E-state index contributed by atoms with van der Waals surface area (Å²) < 4.78 is 30.6. The van der Waals surface area contributed by atoms with E-state index in [1.807, 2.05) is 33.3 Å². The first-order valence-electron chi connectivity index (χ1n) is 29.0. The van der Waals surface area contributed by atoms with E-state index < -0.39 is 20.0 Å². The van der Waals surface area contributed by atoms with Crippen LogP contribution < -0.4 is 5.32 Å². The number of carbonyl (C=O) groups excluding carboxylic acids is 2. The molecule has 0 aromatic heterocycles. The fraction of sp³-hybridized carbons (Fsp3) is 0.930. The van der Waals surface area contributed by atoms with Crippen LogP contribution >= 0.6 is 7.82 Å². The van der Waals surface area contributed by atoms with Gasteiger partial charge >= 0.3 is 13.8 Å². The zero-order chi connectivity index (χ0) is 49.4. The topological polar surface area (TPSA) is 111 Å². The molecule has 398 valence electrons. The molecular formula is C57H114N2O7P+. The molecule has 0 aliphatic rings. The monoisotopic (exact) mass is 970 g/mol. The molecule has 1 amide bonds. The quantitative estimate of drug-likeness (QED) is 0.0205. The van der Waals surface area contributed by atoms with E-state index in [4.69, 9.17) is 13.8 Å². The number of nitrogens with zero attached hydrogens (tertiary/aromatic N) is 1. The van der Waals surface area contributed by atoms with Crippen LogP contribution in [0.1, 0.15) is 290 Å². The maximum absolute atomic E-state index is 13.4. The third kappa shape index (κ3) is 49.5. The first kappa shape index (κ1) is 65.8. The minimum absolute atomic E-state index is 0.0454. The maximum Gasteiger partial charge on any atom is 0.472 e. The van der Waals surface area contributed by atoms with Crippen molar-refractivity contribution in [2.45, 2.75) is 303 Å². The highest BCUT2D eigenvalue weighted by atomic mass is 31.2. The lowest BCUT2D eigenvalue weighted by atomic mass is 10.0. The molecule has 10 heteroatoms. The number of hydrogen-bond acceptors (Lipinski definition) is 6. The zero-order valence-electron chi connectivity index (χ0n) is 45.4. The van der Waals surface area contributed by atoms with Gasteiger partial charge in [0, 0.05) is 12.8 Å². The number of likely N-dealkylation sites (N-methyl/N-ethyl adjacent to an activating group) is 1. The highest BCUT2D eigenvalue weighted by Crippen LogP contribution is 2.43. The lowest BCUT2D eigenvalue weighted by Gasteiger charge is -2.27. The van der Waals surface area contributed by atoms with Crippen molar-refractivity contribution in [3.05, 3.63) is 12.2 Å². The summed E-state index contributed by atoms with van der Waals surface area (Å²) in [6, 6.07) is -0.837. The summed E-state index contributed by atoms with van der Waals surface area (Å²) >= 11 is 0. The molecule has 0 spiro atoms. The average molecular weight is 971 g/mol. The van der Waals surface area contributed by atoms with Crippen molar-refractivity contribution in [2.24, 2.45) is 0 Å². The Morgan fingerprint density at radius 3 is 1.22 bits per heavy atom. The summed E-state index contributed by atoms with van der Waals surface area (Å²) in [5.74, 6) is -0.488. The van der Waals surface area contributed by atoms with Crippen LogP contribution in [-0.4, -0.2) is 74.3 Å². The van der Waals surface area contributed by atoms with Crippen LogP contribution in [0.15, 0.2) is 12.2 Å². The molecule has 0 fully saturated rings. The van der Waals surface area contributed by atoms with Crippen LogP contribution in [0.2, 0.25) is 0 Å². The van der Waals surface area contributed by atoms with Crippen LogP contribution in [0.3, 0.4) is 0 Å². The molecule has 0 aliphatic heterocycles. The number of esters is 1. The molecule has 2 N–H and O–H groups in total. The van der Waals surface area contributed by atoms with Crippen LogP contribution in [0.5, 0.6) is 0 Å². The molecular weight excluding hydrogens is 856 g/mol. The Morgan fingerprint density at radius 2 is 0.851 bits per heavy atom. The summed E-state index contributed by atoms with van der Waals surface area (Å²) in [5.41, 5.74) is 0. The lowest BCUT2D eigenvalue weighted by Crippen LogP contribution is -2.47. The highest BCUT2D eigenvalue weighted by molar-refractivity contribution is 7.47. The number of ether oxygens (including phenoxy) is 1. The Kier molecular flexibility index (Phi) is 47.5. The predicted molar refractivity (Wildman–Crippen MR) is 287 cm³/mol. The van der Waals surface area contributed by atoms with E-state index >= 15 is 0 Å². The SMILES string of the molecule is CCCCCCCCCCCCC/C=C\C(OC(=O)CCCCCCCCCCCCCCCCCCC)C(COP(=O)(O)OCC[N+](C)(C)C)NC(=O)CCCCCCCCCCCCC. The van der Waals surface area contributed by atoms with Crippen molar-refractivity contribution >= 4 is 19.7 Å². The number of allylic oxidation sites excluding steroid dienone is 1. The van der Waals surface area contributed by atoms with Crippen molar-refractivity contribution in [1.82, 2.24) is 5.32 Å². The first-order chi connectivity index (χ1) is 32.4. The number of rotatable bonds is 53. The number of carbonyl (C=O) groups is 2. The van der Waals surface area contributed by atoms with Gasteiger partial charge in [-0.15, -0.1) is 0 Å². The van der Waals surface area contributed by atoms with Gasteiger partial charge in [-0.3, -0.25) is 18.6 Å². The zero-order valence-corrected chi connectivity index (χ0v) is 46.3. The van der Waals surface area contributed by atoms with E-state index in [2.05, 4.69) is 26.1 Å². The third-order valence-corrected chi connectivity index (χ3v) is 14.2. The number of amides is 1. The largest absolute Gasteiger partial charge is 0.472 e. The second-order valence-corrected chi connectivity index (χ2v) is 22.6. The molecule has 0 saturated carbocycles. The molecule has 0 aromatic rings. The van der Waals surface area contributed by atoms with E-state index in [9.17, 15) is 19.0 Å². The van der Waals surface area contributed by atoms with Crippen LogP contribution in [-0.2, 0) is 27.9 Å². The molecule has 67 heavy (non-hydrogen) atoms. The highest BCUT2D eigenvalue weighted by Gasteiger charge is 2.30. The second kappa shape index (κ2) is 48.4. The van der Waals surface area contributed by atoms with Crippen LogP contribution in [0, 0.1) is 0 Å². The van der Waals surface area contributed by atoms with Gasteiger partial charge in [-0.05, 0) is 31.8 Å². The molecule has 0 bridgehead atoms. The van der Waals surface area contributed by atoms with Crippen molar-refractivity contribution < 1.29 is 37.3 Å². The van der Waals surface area contributed by atoms with Crippen molar-refractivity contribution in [3.8, 4) is 0 Å². The molecule has 0 aliphatic carbocycles. The summed E-state index contributed by atoms with van der Waals surface area (Å²) in [7, 11) is 1.51. The fourth-order valence-corrected chi connectivity index (χ4v) is 9.44. The number of hydrogen-bond donors (Lipinski definition) is 2.